The molecule has 3 rings (SSSR count). The predicted molar refractivity (Wildman–Crippen MR) is 72.2 cm³/mol. The number of benzene rings is 2. The van der Waals surface area contributed by atoms with E-state index >= 15 is 0 Å². The Morgan fingerprint density at radius 3 is 2.39 bits per heavy atom. The first-order chi connectivity index (χ1) is 8.84. The van der Waals surface area contributed by atoms with Crippen LogP contribution in [0.1, 0.15) is 17.4 Å². The van der Waals surface area contributed by atoms with Crippen molar-refractivity contribution in [2.24, 2.45) is 0 Å². The number of aliphatic hydroxyl groups excluding tert-OH is 1. The van der Waals surface area contributed by atoms with Crippen molar-refractivity contribution in [3.8, 4) is 0 Å². The molecule has 0 spiro atoms. The lowest BCUT2D eigenvalue weighted by Crippen LogP contribution is -2.01. The molecule has 0 fully saturated rings. The van der Waals surface area contributed by atoms with Gasteiger partial charge in [0.1, 0.15) is 6.10 Å². The van der Waals surface area contributed by atoms with Gasteiger partial charge in [-0.1, -0.05) is 42.5 Å². The Bertz CT molecular complexity index is 664. The largest absolute Gasteiger partial charge is 0.382 e. The quantitative estimate of drug-likeness (QED) is 0.739. The Balaban J connectivity index is 2.04. The first-order valence-electron chi connectivity index (χ1n) is 5.92. The van der Waals surface area contributed by atoms with Crippen molar-refractivity contribution in [2.75, 3.05) is 0 Å². The highest BCUT2D eigenvalue weighted by atomic mass is 16.3. The number of fused-ring (bicyclic) bond motifs is 1. The fourth-order valence-corrected chi connectivity index (χ4v) is 2.09. The Morgan fingerprint density at radius 1 is 0.833 bits per heavy atom. The van der Waals surface area contributed by atoms with Gasteiger partial charge in [0, 0.05) is 6.20 Å². The summed E-state index contributed by atoms with van der Waals surface area (Å²) in [5.74, 6) is 0. The van der Waals surface area contributed by atoms with Crippen molar-refractivity contribution in [1.82, 2.24) is 4.98 Å². The zero-order valence-corrected chi connectivity index (χ0v) is 9.82. The highest BCUT2D eigenvalue weighted by Gasteiger charge is 2.11. The summed E-state index contributed by atoms with van der Waals surface area (Å²) in [6, 6.07) is 19.7. The van der Waals surface area contributed by atoms with Crippen LogP contribution in [0.4, 0.5) is 0 Å². The van der Waals surface area contributed by atoms with Crippen LogP contribution in [0, 0.1) is 0 Å². The number of nitrogens with zero attached hydrogens (tertiary/aromatic N) is 1. The van der Waals surface area contributed by atoms with Crippen molar-refractivity contribution >= 4 is 10.8 Å². The highest BCUT2D eigenvalue weighted by Crippen LogP contribution is 2.24. The molecule has 18 heavy (non-hydrogen) atoms. The monoisotopic (exact) mass is 235 g/mol. The number of pyridine rings is 1. The second-order valence-electron chi connectivity index (χ2n) is 4.26. The molecule has 0 aliphatic rings. The first-order valence-corrected chi connectivity index (χ1v) is 5.92. The van der Waals surface area contributed by atoms with Gasteiger partial charge in [-0.25, -0.2) is 0 Å². The minimum atomic E-state index is -0.671. The maximum absolute atomic E-state index is 10.3. The summed E-state index contributed by atoms with van der Waals surface area (Å²) in [6.07, 6.45) is 1.02. The standard InChI is InChI=1S/C16H13NO/c18-16(15-7-3-4-10-17-15)14-9-8-12-5-1-2-6-13(12)11-14/h1-11,16,18H/t16-/m0/s1. The van der Waals surface area contributed by atoms with Gasteiger partial charge < -0.3 is 5.11 Å². The van der Waals surface area contributed by atoms with E-state index in [-0.39, 0.29) is 0 Å². The summed E-state index contributed by atoms with van der Waals surface area (Å²) >= 11 is 0. The molecular formula is C16H13NO. The second-order valence-corrected chi connectivity index (χ2v) is 4.26. The van der Waals surface area contributed by atoms with Gasteiger partial charge >= 0.3 is 0 Å². The van der Waals surface area contributed by atoms with Gasteiger partial charge in [-0.3, -0.25) is 4.98 Å². The summed E-state index contributed by atoms with van der Waals surface area (Å²) in [7, 11) is 0. The van der Waals surface area contributed by atoms with Crippen LogP contribution in [0.3, 0.4) is 0 Å². The minimum absolute atomic E-state index is 0.671. The van der Waals surface area contributed by atoms with E-state index < -0.39 is 6.10 Å². The lowest BCUT2D eigenvalue weighted by molar-refractivity contribution is 0.215. The van der Waals surface area contributed by atoms with Crippen LogP contribution >= 0.6 is 0 Å². The van der Waals surface area contributed by atoms with Gasteiger partial charge in [0.05, 0.1) is 5.69 Å². The molecule has 0 aliphatic heterocycles. The molecule has 2 heteroatoms. The minimum Gasteiger partial charge on any atom is -0.382 e. The normalized spacial score (nSPS) is 12.5. The fraction of sp³-hybridized carbons (Fsp3) is 0.0625. The summed E-state index contributed by atoms with van der Waals surface area (Å²) in [6.45, 7) is 0. The molecule has 2 nitrogen and oxygen atoms in total. The van der Waals surface area contributed by atoms with Crippen molar-refractivity contribution in [2.45, 2.75) is 6.10 Å². The van der Waals surface area contributed by atoms with Gasteiger partial charge in [-0.15, -0.1) is 0 Å². The van der Waals surface area contributed by atoms with Crippen LogP contribution in [0.2, 0.25) is 0 Å². The van der Waals surface area contributed by atoms with Crippen LogP contribution in [-0.4, -0.2) is 10.1 Å². The molecule has 1 N–H and O–H groups in total. The molecule has 0 aliphatic carbocycles. The molecule has 0 saturated carbocycles. The SMILES string of the molecule is O[C@@H](c1ccc2ccccc2c1)c1ccccn1. The molecule has 2 aromatic carbocycles. The average molecular weight is 235 g/mol. The summed E-state index contributed by atoms with van der Waals surface area (Å²) in [4.78, 5) is 4.19. The van der Waals surface area contributed by atoms with Crippen LogP contribution in [0.25, 0.3) is 10.8 Å². The molecule has 0 amide bonds. The Hall–Kier alpha value is -2.19. The van der Waals surface area contributed by atoms with Gasteiger partial charge in [0.25, 0.3) is 0 Å². The number of aromatic nitrogens is 1. The molecule has 1 atom stereocenters. The Labute approximate surface area is 106 Å². The summed E-state index contributed by atoms with van der Waals surface area (Å²) < 4.78 is 0. The van der Waals surface area contributed by atoms with E-state index in [0.717, 1.165) is 10.9 Å². The molecule has 1 heterocycles. The Kier molecular flexibility index (Phi) is 2.79. The fourth-order valence-electron chi connectivity index (χ4n) is 2.09. The smallest absolute Gasteiger partial charge is 0.121 e. The van der Waals surface area contributed by atoms with Crippen molar-refractivity contribution in [1.29, 1.82) is 0 Å². The van der Waals surface area contributed by atoms with E-state index in [1.165, 1.54) is 5.39 Å². The summed E-state index contributed by atoms with van der Waals surface area (Å²) in [5.41, 5.74) is 1.54. The third kappa shape index (κ3) is 1.98. The molecule has 1 aromatic heterocycles. The molecule has 0 radical (unpaired) electrons. The van der Waals surface area contributed by atoms with Crippen LogP contribution < -0.4 is 0 Å². The van der Waals surface area contributed by atoms with Crippen molar-refractivity contribution in [3.05, 3.63) is 78.1 Å². The van der Waals surface area contributed by atoms with E-state index in [9.17, 15) is 5.11 Å². The lowest BCUT2D eigenvalue weighted by Gasteiger charge is -2.11. The third-order valence-corrected chi connectivity index (χ3v) is 3.06. The number of rotatable bonds is 2. The number of hydrogen-bond acceptors (Lipinski definition) is 2. The molecule has 0 saturated heterocycles. The molecular weight excluding hydrogens is 222 g/mol. The highest BCUT2D eigenvalue weighted by molar-refractivity contribution is 5.83. The van der Waals surface area contributed by atoms with E-state index in [0.29, 0.717) is 5.69 Å². The molecule has 3 aromatic rings. The van der Waals surface area contributed by atoms with Gasteiger partial charge in [-0.05, 0) is 34.5 Å². The van der Waals surface area contributed by atoms with Crippen LogP contribution in [0.15, 0.2) is 66.9 Å². The summed E-state index contributed by atoms with van der Waals surface area (Å²) in [5, 5.41) is 12.6. The van der Waals surface area contributed by atoms with E-state index in [1.807, 2.05) is 54.6 Å². The molecule has 0 unspecified atom stereocenters. The average Bonchev–Trinajstić information content (AvgIpc) is 2.47. The first kappa shape index (κ1) is 10.9. The number of hydrogen-bond donors (Lipinski definition) is 1. The topological polar surface area (TPSA) is 33.1 Å². The van der Waals surface area contributed by atoms with Crippen molar-refractivity contribution < 1.29 is 5.11 Å². The maximum Gasteiger partial charge on any atom is 0.121 e. The van der Waals surface area contributed by atoms with Crippen LogP contribution in [-0.2, 0) is 0 Å². The predicted octanol–water partition coefficient (Wildman–Crippen LogP) is 3.32. The zero-order valence-electron chi connectivity index (χ0n) is 9.82. The van der Waals surface area contributed by atoms with Gasteiger partial charge in [0.2, 0.25) is 0 Å². The second kappa shape index (κ2) is 4.59. The van der Waals surface area contributed by atoms with E-state index in [4.69, 9.17) is 0 Å². The van der Waals surface area contributed by atoms with Crippen molar-refractivity contribution in [3.63, 3.8) is 0 Å². The lowest BCUT2D eigenvalue weighted by atomic mass is 10.0. The maximum atomic E-state index is 10.3. The third-order valence-electron chi connectivity index (χ3n) is 3.06. The van der Waals surface area contributed by atoms with Gasteiger partial charge in [-0.2, -0.15) is 0 Å². The molecule has 88 valence electrons. The van der Waals surface area contributed by atoms with E-state index in [1.54, 1.807) is 6.20 Å². The number of aliphatic hydroxyl groups is 1. The van der Waals surface area contributed by atoms with E-state index in [2.05, 4.69) is 11.1 Å². The zero-order chi connectivity index (χ0) is 12.4. The van der Waals surface area contributed by atoms with Crippen LogP contribution in [0.5, 0.6) is 0 Å². The molecule has 0 bridgehead atoms. The van der Waals surface area contributed by atoms with Gasteiger partial charge in [0.15, 0.2) is 0 Å². The Morgan fingerprint density at radius 2 is 1.61 bits per heavy atom.